The van der Waals surface area contributed by atoms with Crippen molar-refractivity contribution in [1.29, 1.82) is 0 Å². The third kappa shape index (κ3) is 4.19. The second-order valence-corrected chi connectivity index (χ2v) is 7.11. The van der Waals surface area contributed by atoms with Crippen LogP contribution in [0.1, 0.15) is 44.6 Å². The third-order valence-electron chi connectivity index (χ3n) is 4.46. The lowest BCUT2D eigenvalue weighted by atomic mass is 10.0. The highest BCUT2D eigenvalue weighted by Crippen LogP contribution is 2.21. The van der Waals surface area contributed by atoms with Crippen LogP contribution in [-0.4, -0.2) is 41.8 Å². The number of aromatic nitrogens is 1. The number of benzene rings is 1. The summed E-state index contributed by atoms with van der Waals surface area (Å²) in [4.78, 5) is 29.8. The van der Waals surface area contributed by atoms with Gasteiger partial charge in [-0.25, -0.2) is 4.79 Å². The van der Waals surface area contributed by atoms with Crippen LogP contribution in [-0.2, 0) is 11.3 Å². The van der Waals surface area contributed by atoms with E-state index in [-0.39, 0.29) is 11.8 Å². The maximum atomic E-state index is 12.9. The average molecular weight is 407 g/mol. The van der Waals surface area contributed by atoms with Crippen molar-refractivity contribution >= 4 is 27.7 Å². The van der Waals surface area contributed by atoms with Gasteiger partial charge in [0.1, 0.15) is 0 Å². The molecule has 1 atom stereocenters. The van der Waals surface area contributed by atoms with Crippen LogP contribution in [0.5, 0.6) is 0 Å². The number of halogens is 1. The van der Waals surface area contributed by atoms with E-state index in [2.05, 4.69) is 20.9 Å². The molecule has 0 aliphatic carbocycles. The molecule has 0 radical (unpaired) electrons. The molecule has 0 spiro atoms. The molecule has 2 rings (SSSR count). The topological polar surface area (TPSA) is 62.4 Å². The van der Waals surface area contributed by atoms with Crippen LogP contribution in [0.25, 0.3) is 0 Å². The van der Waals surface area contributed by atoms with Crippen molar-refractivity contribution in [2.45, 2.75) is 33.4 Å². The number of methoxy groups -OCH3 is 1. The molecule has 1 N–H and O–H groups in total. The molecule has 0 aliphatic rings. The van der Waals surface area contributed by atoms with Gasteiger partial charge in [0.15, 0.2) is 5.78 Å². The van der Waals surface area contributed by atoms with Crippen molar-refractivity contribution in [3.63, 3.8) is 0 Å². The van der Waals surface area contributed by atoms with Gasteiger partial charge in [0.05, 0.1) is 24.4 Å². The number of esters is 1. The Bertz CT molecular complexity index is 781. The zero-order chi connectivity index (χ0) is 18.7. The van der Waals surface area contributed by atoms with E-state index in [0.29, 0.717) is 29.1 Å². The molecule has 0 saturated carbocycles. The first-order valence-electron chi connectivity index (χ1n) is 8.02. The number of nitrogens with zero attached hydrogens (tertiary/aromatic N) is 1. The molecule has 0 aliphatic heterocycles. The number of H-pyrrole nitrogens is 1. The van der Waals surface area contributed by atoms with Gasteiger partial charge in [0.25, 0.3) is 0 Å². The number of likely N-dealkylation sites (N-methyl/N-ethyl adjacent to an activating group) is 1. The molecular weight excluding hydrogens is 384 g/mol. The van der Waals surface area contributed by atoms with E-state index >= 15 is 0 Å². The van der Waals surface area contributed by atoms with Gasteiger partial charge in [0.2, 0.25) is 0 Å². The minimum atomic E-state index is -0.429. The Hall–Kier alpha value is -1.92. The average Bonchev–Trinajstić information content (AvgIpc) is 2.89. The Kier molecular flexibility index (Phi) is 6.19. The molecular formula is C19H23BrN2O3. The quantitative estimate of drug-likeness (QED) is 0.583. The first kappa shape index (κ1) is 19.4. The Balaban J connectivity index is 2.19. The number of carbonyl (C=O) groups excluding carboxylic acids is 2. The summed E-state index contributed by atoms with van der Waals surface area (Å²) >= 11 is 3.42. The van der Waals surface area contributed by atoms with Gasteiger partial charge in [0, 0.05) is 16.7 Å². The van der Waals surface area contributed by atoms with Gasteiger partial charge < -0.3 is 9.72 Å². The second kappa shape index (κ2) is 7.97. The maximum Gasteiger partial charge on any atom is 0.339 e. The van der Waals surface area contributed by atoms with Gasteiger partial charge in [-0.1, -0.05) is 28.1 Å². The fourth-order valence-electron chi connectivity index (χ4n) is 2.83. The fraction of sp³-hybridized carbons (Fsp3) is 0.368. The summed E-state index contributed by atoms with van der Waals surface area (Å²) in [6.45, 7) is 6.06. The highest BCUT2D eigenvalue weighted by molar-refractivity contribution is 9.10. The van der Waals surface area contributed by atoms with E-state index in [1.165, 1.54) is 7.11 Å². The van der Waals surface area contributed by atoms with Crippen molar-refractivity contribution in [2.75, 3.05) is 14.2 Å². The fourth-order valence-corrected chi connectivity index (χ4v) is 3.09. The van der Waals surface area contributed by atoms with Crippen LogP contribution in [0.4, 0.5) is 0 Å². The van der Waals surface area contributed by atoms with E-state index < -0.39 is 5.97 Å². The van der Waals surface area contributed by atoms with Crippen molar-refractivity contribution in [3.05, 3.63) is 56.8 Å². The Morgan fingerprint density at radius 2 is 1.84 bits per heavy atom. The zero-order valence-electron chi connectivity index (χ0n) is 15.1. The van der Waals surface area contributed by atoms with Crippen LogP contribution in [0.15, 0.2) is 28.7 Å². The molecule has 0 amide bonds. The van der Waals surface area contributed by atoms with E-state index in [1.807, 2.05) is 43.1 Å². The van der Waals surface area contributed by atoms with Crippen LogP contribution in [0.2, 0.25) is 0 Å². The van der Waals surface area contributed by atoms with Gasteiger partial charge >= 0.3 is 5.97 Å². The number of rotatable bonds is 6. The predicted octanol–water partition coefficient (Wildman–Crippen LogP) is 3.88. The zero-order valence-corrected chi connectivity index (χ0v) is 16.7. The van der Waals surface area contributed by atoms with Crippen LogP contribution < -0.4 is 0 Å². The summed E-state index contributed by atoms with van der Waals surface area (Å²) in [5.41, 5.74) is 3.32. The predicted molar refractivity (Wildman–Crippen MR) is 101 cm³/mol. The molecule has 2 aromatic rings. The minimum Gasteiger partial charge on any atom is -0.465 e. The Morgan fingerprint density at radius 1 is 1.24 bits per heavy atom. The standard InChI is InChI=1S/C19H23BrN2O3/c1-11-16(19(24)25-5)12(2)21-17(11)18(23)13(3)22(4)10-14-6-8-15(20)9-7-14/h6-9,13,21H,10H2,1-5H3/t13-/m1/s1. The third-order valence-corrected chi connectivity index (χ3v) is 4.99. The summed E-state index contributed by atoms with van der Waals surface area (Å²) < 4.78 is 5.83. The van der Waals surface area contributed by atoms with Gasteiger partial charge in [-0.05, 0) is 51.1 Å². The molecule has 0 bridgehead atoms. The van der Waals surface area contributed by atoms with E-state index in [9.17, 15) is 9.59 Å². The number of ketones is 1. The molecule has 1 aromatic heterocycles. The Morgan fingerprint density at radius 3 is 2.40 bits per heavy atom. The normalized spacial score (nSPS) is 12.3. The molecule has 0 fully saturated rings. The van der Waals surface area contributed by atoms with Crippen molar-refractivity contribution in [1.82, 2.24) is 9.88 Å². The van der Waals surface area contributed by atoms with E-state index in [4.69, 9.17) is 4.74 Å². The highest BCUT2D eigenvalue weighted by Gasteiger charge is 2.27. The first-order valence-corrected chi connectivity index (χ1v) is 8.82. The number of ether oxygens (including phenoxy) is 1. The molecule has 134 valence electrons. The number of Topliss-reactive ketones (excluding diaryl/α,β-unsaturated/α-hetero) is 1. The molecule has 6 heteroatoms. The maximum absolute atomic E-state index is 12.9. The summed E-state index contributed by atoms with van der Waals surface area (Å²) in [6.07, 6.45) is 0. The number of aromatic amines is 1. The molecule has 1 aromatic carbocycles. The molecule has 0 saturated heterocycles. The number of carbonyl (C=O) groups is 2. The van der Waals surface area contributed by atoms with Crippen LogP contribution in [0, 0.1) is 13.8 Å². The summed E-state index contributed by atoms with van der Waals surface area (Å²) in [5, 5.41) is 0. The first-order chi connectivity index (χ1) is 11.8. The van der Waals surface area contributed by atoms with E-state index in [0.717, 1.165) is 10.0 Å². The lowest BCUT2D eigenvalue weighted by Crippen LogP contribution is -2.36. The summed E-state index contributed by atoms with van der Waals surface area (Å²) in [7, 11) is 3.25. The summed E-state index contributed by atoms with van der Waals surface area (Å²) in [5.74, 6) is -0.475. The van der Waals surface area contributed by atoms with Crippen LogP contribution >= 0.6 is 15.9 Å². The van der Waals surface area contributed by atoms with Crippen molar-refractivity contribution in [3.8, 4) is 0 Å². The number of aryl methyl sites for hydroxylation is 1. The lowest BCUT2D eigenvalue weighted by molar-refractivity contribution is 0.0599. The number of hydrogen-bond acceptors (Lipinski definition) is 4. The van der Waals surface area contributed by atoms with Gasteiger partial charge in [-0.3, -0.25) is 9.69 Å². The van der Waals surface area contributed by atoms with E-state index in [1.54, 1.807) is 13.8 Å². The monoisotopic (exact) mass is 406 g/mol. The number of nitrogens with one attached hydrogen (secondary N) is 1. The molecule has 0 unspecified atom stereocenters. The highest BCUT2D eigenvalue weighted by atomic mass is 79.9. The smallest absolute Gasteiger partial charge is 0.339 e. The van der Waals surface area contributed by atoms with Gasteiger partial charge in [-0.2, -0.15) is 0 Å². The minimum absolute atomic E-state index is 0.0460. The summed E-state index contributed by atoms with van der Waals surface area (Å²) in [6, 6.07) is 7.69. The van der Waals surface area contributed by atoms with Gasteiger partial charge in [-0.15, -0.1) is 0 Å². The van der Waals surface area contributed by atoms with Crippen LogP contribution in [0.3, 0.4) is 0 Å². The molecule has 5 nitrogen and oxygen atoms in total. The number of hydrogen-bond donors (Lipinski definition) is 1. The SMILES string of the molecule is COC(=O)c1c(C)[nH]c(C(=O)[C@@H](C)N(C)Cc2ccc(Br)cc2)c1C. The van der Waals surface area contributed by atoms with Crippen molar-refractivity contribution in [2.24, 2.45) is 0 Å². The lowest BCUT2D eigenvalue weighted by Gasteiger charge is -2.23. The molecule has 1 heterocycles. The second-order valence-electron chi connectivity index (χ2n) is 6.20. The van der Waals surface area contributed by atoms with Crippen molar-refractivity contribution < 1.29 is 14.3 Å². The largest absolute Gasteiger partial charge is 0.465 e. The Labute approximate surface area is 156 Å². The molecule has 25 heavy (non-hydrogen) atoms.